The zero-order valence-corrected chi connectivity index (χ0v) is 10.2. The number of hydrogen-bond acceptors (Lipinski definition) is 2. The fourth-order valence-electron chi connectivity index (χ4n) is 2.02. The summed E-state index contributed by atoms with van der Waals surface area (Å²) < 4.78 is 26.9. The van der Waals surface area contributed by atoms with Gasteiger partial charge in [-0.15, -0.1) is 0 Å². The molecule has 1 aromatic carbocycles. The molecule has 1 atom stereocenters. The van der Waals surface area contributed by atoms with Crippen molar-refractivity contribution >= 4 is 11.8 Å². The molecule has 0 aliphatic carbocycles. The smallest absolute Gasteiger partial charge is 0.257 e. The highest BCUT2D eigenvalue weighted by atomic mass is 19.1. The highest BCUT2D eigenvalue weighted by molar-refractivity contribution is 5.98. The number of carbonyl (C=O) groups excluding carboxylic acids is 2. The maximum Gasteiger partial charge on any atom is 0.257 e. The minimum atomic E-state index is -0.938. The van der Waals surface area contributed by atoms with Crippen LogP contribution in [-0.2, 0) is 4.79 Å². The first-order chi connectivity index (χ1) is 9.09. The first kappa shape index (κ1) is 13.5. The van der Waals surface area contributed by atoms with E-state index < -0.39 is 29.1 Å². The fraction of sp³-hybridized carbons (Fsp3) is 0.385. The second kappa shape index (κ2) is 5.77. The maximum absolute atomic E-state index is 13.4. The van der Waals surface area contributed by atoms with Crippen LogP contribution < -0.4 is 10.6 Å². The molecule has 0 bridgehead atoms. The SMILES string of the molecule is O=C(NC1CCCCNC1=O)c1c(F)cccc1F. The Kier molecular flexibility index (Phi) is 4.09. The van der Waals surface area contributed by atoms with Gasteiger partial charge in [-0.3, -0.25) is 9.59 Å². The summed E-state index contributed by atoms with van der Waals surface area (Å²) >= 11 is 0. The van der Waals surface area contributed by atoms with Gasteiger partial charge in [0.2, 0.25) is 5.91 Å². The Morgan fingerprint density at radius 2 is 1.95 bits per heavy atom. The molecule has 6 heteroatoms. The highest BCUT2D eigenvalue weighted by Gasteiger charge is 2.25. The van der Waals surface area contributed by atoms with Gasteiger partial charge in [0.15, 0.2) is 0 Å². The topological polar surface area (TPSA) is 58.2 Å². The van der Waals surface area contributed by atoms with Crippen molar-refractivity contribution in [2.75, 3.05) is 6.54 Å². The van der Waals surface area contributed by atoms with Crippen LogP contribution in [0.15, 0.2) is 18.2 Å². The van der Waals surface area contributed by atoms with Crippen molar-refractivity contribution in [1.82, 2.24) is 10.6 Å². The molecule has 19 heavy (non-hydrogen) atoms. The molecule has 0 radical (unpaired) electrons. The van der Waals surface area contributed by atoms with Gasteiger partial charge in [-0.1, -0.05) is 6.07 Å². The lowest BCUT2D eigenvalue weighted by Gasteiger charge is -2.15. The van der Waals surface area contributed by atoms with Crippen LogP contribution in [0.3, 0.4) is 0 Å². The molecule has 1 unspecified atom stereocenters. The Bertz CT molecular complexity index is 485. The van der Waals surface area contributed by atoms with Crippen molar-refractivity contribution < 1.29 is 18.4 Å². The van der Waals surface area contributed by atoms with Crippen LogP contribution in [-0.4, -0.2) is 24.4 Å². The Balaban J connectivity index is 2.14. The average Bonchev–Trinajstić information content (AvgIpc) is 2.55. The number of hydrogen-bond donors (Lipinski definition) is 2. The minimum absolute atomic E-state index is 0.317. The van der Waals surface area contributed by atoms with Crippen molar-refractivity contribution in [3.63, 3.8) is 0 Å². The summed E-state index contributed by atoms with van der Waals surface area (Å²) in [6, 6.07) is 2.45. The van der Waals surface area contributed by atoms with Crippen LogP contribution in [0.25, 0.3) is 0 Å². The quantitative estimate of drug-likeness (QED) is 0.851. The lowest BCUT2D eigenvalue weighted by atomic mass is 10.1. The van der Waals surface area contributed by atoms with E-state index in [0.29, 0.717) is 13.0 Å². The zero-order chi connectivity index (χ0) is 13.8. The van der Waals surface area contributed by atoms with Gasteiger partial charge in [-0.05, 0) is 31.4 Å². The predicted octanol–water partition coefficient (Wildman–Crippen LogP) is 1.36. The number of halogens is 2. The third-order valence-corrected chi connectivity index (χ3v) is 3.03. The lowest BCUT2D eigenvalue weighted by Crippen LogP contribution is -2.45. The molecule has 2 rings (SSSR count). The molecule has 1 aliphatic heterocycles. The monoisotopic (exact) mass is 268 g/mol. The van der Waals surface area contributed by atoms with Gasteiger partial charge in [0.05, 0.1) is 0 Å². The first-order valence-electron chi connectivity index (χ1n) is 6.12. The van der Waals surface area contributed by atoms with Crippen molar-refractivity contribution in [1.29, 1.82) is 0 Å². The van der Waals surface area contributed by atoms with Crippen LogP contribution in [0.2, 0.25) is 0 Å². The van der Waals surface area contributed by atoms with E-state index in [1.54, 1.807) is 0 Å². The fourth-order valence-corrected chi connectivity index (χ4v) is 2.02. The summed E-state index contributed by atoms with van der Waals surface area (Å²) in [4.78, 5) is 23.5. The second-order valence-electron chi connectivity index (χ2n) is 4.41. The third kappa shape index (κ3) is 3.07. The van der Waals surface area contributed by atoms with Crippen molar-refractivity contribution in [2.45, 2.75) is 25.3 Å². The molecule has 102 valence electrons. The molecule has 4 nitrogen and oxygen atoms in total. The van der Waals surface area contributed by atoms with Crippen LogP contribution in [0.5, 0.6) is 0 Å². The maximum atomic E-state index is 13.4. The Morgan fingerprint density at radius 1 is 1.26 bits per heavy atom. The van der Waals surface area contributed by atoms with Gasteiger partial charge in [-0.25, -0.2) is 8.78 Å². The molecule has 1 aliphatic rings. The number of nitrogens with one attached hydrogen (secondary N) is 2. The lowest BCUT2D eigenvalue weighted by molar-refractivity contribution is -0.122. The normalized spacial score (nSPS) is 19.5. The summed E-state index contributed by atoms with van der Waals surface area (Å²) in [6.07, 6.45) is 2.06. The number of benzene rings is 1. The minimum Gasteiger partial charge on any atom is -0.354 e. The summed E-state index contributed by atoms with van der Waals surface area (Å²) in [7, 11) is 0. The Hall–Kier alpha value is -1.98. The molecule has 1 saturated heterocycles. The van der Waals surface area contributed by atoms with Gasteiger partial charge < -0.3 is 10.6 Å². The molecule has 0 aromatic heterocycles. The van der Waals surface area contributed by atoms with Gasteiger partial charge >= 0.3 is 0 Å². The van der Waals surface area contributed by atoms with E-state index in [-0.39, 0.29) is 5.91 Å². The summed E-state index contributed by atoms with van der Waals surface area (Å²) in [5.74, 6) is -3.10. The molecular weight excluding hydrogens is 254 g/mol. The van der Waals surface area contributed by atoms with Gasteiger partial charge in [0, 0.05) is 6.54 Å². The molecule has 1 heterocycles. The molecule has 2 amide bonds. The van der Waals surface area contributed by atoms with Gasteiger partial charge in [0.1, 0.15) is 23.2 Å². The number of amides is 2. The van der Waals surface area contributed by atoms with E-state index >= 15 is 0 Å². The predicted molar refractivity (Wildman–Crippen MR) is 64.5 cm³/mol. The average molecular weight is 268 g/mol. The summed E-state index contributed by atoms with van der Waals surface area (Å²) in [5.41, 5.74) is -0.653. The molecule has 1 aromatic rings. The third-order valence-electron chi connectivity index (χ3n) is 3.03. The van der Waals surface area contributed by atoms with Crippen molar-refractivity contribution in [3.05, 3.63) is 35.4 Å². The Morgan fingerprint density at radius 3 is 2.63 bits per heavy atom. The number of rotatable bonds is 2. The molecule has 1 fully saturated rings. The molecule has 0 saturated carbocycles. The van der Waals surface area contributed by atoms with Gasteiger partial charge in [-0.2, -0.15) is 0 Å². The van der Waals surface area contributed by atoms with Crippen LogP contribution in [0, 0.1) is 11.6 Å². The van der Waals surface area contributed by atoms with E-state index in [4.69, 9.17) is 0 Å². The molecule has 2 N–H and O–H groups in total. The van der Waals surface area contributed by atoms with Crippen LogP contribution >= 0.6 is 0 Å². The second-order valence-corrected chi connectivity index (χ2v) is 4.41. The van der Waals surface area contributed by atoms with Crippen LogP contribution in [0.4, 0.5) is 8.78 Å². The van der Waals surface area contributed by atoms with E-state index in [2.05, 4.69) is 10.6 Å². The largest absolute Gasteiger partial charge is 0.354 e. The van der Waals surface area contributed by atoms with Gasteiger partial charge in [0.25, 0.3) is 5.91 Å². The van der Waals surface area contributed by atoms with E-state index in [0.717, 1.165) is 25.0 Å². The first-order valence-corrected chi connectivity index (χ1v) is 6.12. The summed E-state index contributed by atoms with van der Waals surface area (Å²) in [5, 5.41) is 5.02. The van der Waals surface area contributed by atoms with Crippen molar-refractivity contribution in [3.8, 4) is 0 Å². The zero-order valence-electron chi connectivity index (χ0n) is 10.2. The van der Waals surface area contributed by atoms with E-state index in [1.165, 1.54) is 6.07 Å². The summed E-state index contributed by atoms with van der Waals surface area (Å²) in [6.45, 7) is 0.555. The number of carbonyl (C=O) groups is 2. The highest BCUT2D eigenvalue weighted by Crippen LogP contribution is 2.13. The van der Waals surface area contributed by atoms with Crippen LogP contribution in [0.1, 0.15) is 29.6 Å². The van der Waals surface area contributed by atoms with Crippen molar-refractivity contribution in [2.24, 2.45) is 0 Å². The Labute approximate surface area is 109 Å². The molecule has 0 spiro atoms. The molecular formula is C13H14F2N2O2. The van der Waals surface area contributed by atoms with E-state index in [9.17, 15) is 18.4 Å². The van der Waals surface area contributed by atoms with E-state index in [1.807, 2.05) is 0 Å². The standard InChI is InChI=1S/C13H14F2N2O2/c14-8-4-3-5-9(15)11(8)13(19)17-10-6-1-2-7-16-12(10)18/h3-5,10H,1-2,6-7H2,(H,16,18)(H,17,19).